The zero-order chi connectivity index (χ0) is 11.8. The normalized spacial score (nSPS) is 15.8. The van der Waals surface area contributed by atoms with Crippen LogP contribution in [0.3, 0.4) is 0 Å². The van der Waals surface area contributed by atoms with Crippen molar-refractivity contribution in [2.45, 2.75) is 25.7 Å². The smallest absolute Gasteiger partial charge is 0.226 e. The van der Waals surface area contributed by atoms with Crippen LogP contribution >= 0.6 is 0 Å². The molecule has 0 radical (unpaired) electrons. The molecule has 1 aliphatic rings. The molecular formula is C9H18N6O. The van der Waals surface area contributed by atoms with Gasteiger partial charge in [0.05, 0.1) is 0 Å². The number of nitrogens with zero attached hydrogens (tertiary/aromatic N) is 3. The molecule has 0 saturated carbocycles. The lowest BCUT2D eigenvalue weighted by molar-refractivity contribution is 0.144. The number of anilines is 3. The van der Waals surface area contributed by atoms with Crippen LogP contribution in [0, 0.1) is 0 Å². The first-order valence-corrected chi connectivity index (χ1v) is 5.29. The van der Waals surface area contributed by atoms with Gasteiger partial charge in [-0.2, -0.15) is 15.0 Å². The molecule has 0 aromatic carbocycles. The van der Waals surface area contributed by atoms with Gasteiger partial charge in [0.15, 0.2) is 0 Å². The van der Waals surface area contributed by atoms with Gasteiger partial charge in [-0.25, -0.2) is 0 Å². The van der Waals surface area contributed by atoms with Gasteiger partial charge in [0.25, 0.3) is 0 Å². The highest BCUT2D eigenvalue weighted by atomic mass is 16.5. The molecule has 1 saturated heterocycles. The molecule has 0 amide bonds. The largest absolute Gasteiger partial charge is 0.381 e. The minimum Gasteiger partial charge on any atom is -0.381 e. The first-order valence-electron chi connectivity index (χ1n) is 5.29. The molecule has 1 aromatic rings. The monoisotopic (exact) mass is 226 g/mol. The first kappa shape index (κ1) is 12.4. The van der Waals surface area contributed by atoms with Crippen LogP contribution in [0.1, 0.15) is 25.7 Å². The van der Waals surface area contributed by atoms with Gasteiger partial charge in [0.1, 0.15) is 0 Å². The Morgan fingerprint density at radius 2 is 1.06 bits per heavy atom. The Balaban J connectivity index is 0.000000165. The first-order chi connectivity index (χ1) is 7.68. The van der Waals surface area contributed by atoms with E-state index in [-0.39, 0.29) is 17.8 Å². The summed E-state index contributed by atoms with van der Waals surface area (Å²) in [6, 6.07) is 0. The minimum atomic E-state index is 0.0417. The number of hydrogen-bond donors (Lipinski definition) is 3. The Morgan fingerprint density at radius 1 is 0.688 bits per heavy atom. The second-order valence-electron chi connectivity index (χ2n) is 3.44. The summed E-state index contributed by atoms with van der Waals surface area (Å²) in [7, 11) is 0. The third-order valence-corrected chi connectivity index (χ3v) is 2.01. The van der Waals surface area contributed by atoms with E-state index in [1.165, 1.54) is 25.7 Å². The molecule has 6 N–H and O–H groups in total. The zero-order valence-electron chi connectivity index (χ0n) is 9.22. The van der Waals surface area contributed by atoms with Crippen molar-refractivity contribution in [1.82, 2.24) is 15.0 Å². The minimum absolute atomic E-state index is 0.0417. The summed E-state index contributed by atoms with van der Waals surface area (Å²) in [4.78, 5) is 10.5. The highest BCUT2D eigenvalue weighted by Crippen LogP contribution is 2.04. The van der Waals surface area contributed by atoms with Gasteiger partial charge in [-0.3, -0.25) is 0 Å². The molecule has 2 heterocycles. The standard InChI is InChI=1S/C6H12O.C3H6N6/c1-2-4-6-7-5-3-1;4-1-7-2(5)9-3(6)8-1/h1-6H2;(H6,4,5,6,7,8,9). The molecule has 1 aromatic heterocycles. The molecule has 2 rings (SSSR count). The fourth-order valence-corrected chi connectivity index (χ4v) is 1.29. The number of aromatic nitrogens is 3. The van der Waals surface area contributed by atoms with E-state index in [4.69, 9.17) is 21.9 Å². The maximum Gasteiger partial charge on any atom is 0.226 e. The van der Waals surface area contributed by atoms with Crippen molar-refractivity contribution in [3.8, 4) is 0 Å². The molecule has 0 atom stereocenters. The molecular weight excluding hydrogens is 208 g/mol. The van der Waals surface area contributed by atoms with Gasteiger partial charge in [0, 0.05) is 13.2 Å². The van der Waals surface area contributed by atoms with E-state index in [1.807, 2.05) is 0 Å². The van der Waals surface area contributed by atoms with Crippen LogP contribution in [-0.2, 0) is 4.74 Å². The summed E-state index contributed by atoms with van der Waals surface area (Å²) in [5.74, 6) is 0.125. The molecule has 0 unspecified atom stereocenters. The summed E-state index contributed by atoms with van der Waals surface area (Å²) >= 11 is 0. The predicted molar refractivity (Wildman–Crippen MR) is 62.4 cm³/mol. The molecule has 1 aliphatic heterocycles. The lowest BCUT2D eigenvalue weighted by atomic mass is 10.2. The molecule has 0 aliphatic carbocycles. The highest BCUT2D eigenvalue weighted by Gasteiger charge is 1.95. The number of rotatable bonds is 0. The molecule has 16 heavy (non-hydrogen) atoms. The van der Waals surface area contributed by atoms with Gasteiger partial charge in [-0.05, 0) is 12.8 Å². The van der Waals surface area contributed by atoms with E-state index in [0.29, 0.717) is 0 Å². The third-order valence-electron chi connectivity index (χ3n) is 2.01. The third kappa shape index (κ3) is 5.30. The van der Waals surface area contributed by atoms with Crippen LogP contribution in [0.25, 0.3) is 0 Å². The second-order valence-corrected chi connectivity index (χ2v) is 3.44. The SMILES string of the molecule is C1CCCOCC1.Nc1nc(N)nc(N)n1. The molecule has 1 fully saturated rings. The average molecular weight is 226 g/mol. The summed E-state index contributed by atoms with van der Waals surface area (Å²) < 4.78 is 5.19. The van der Waals surface area contributed by atoms with E-state index in [9.17, 15) is 0 Å². The maximum atomic E-state index is 5.19. The van der Waals surface area contributed by atoms with Gasteiger partial charge in [-0.15, -0.1) is 0 Å². The van der Waals surface area contributed by atoms with E-state index in [0.717, 1.165) is 13.2 Å². The van der Waals surface area contributed by atoms with Crippen LogP contribution in [0.2, 0.25) is 0 Å². The molecule has 7 nitrogen and oxygen atoms in total. The van der Waals surface area contributed by atoms with E-state index >= 15 is 0 Å². The zero-order valence-corrected chi connectivity index (χ0v) is 9.22. The number of nitrogen functional groups attached to an aromatic ring is 3. The summed E-state index contributed by atoms with van der Waals surface area (Å²) in [5, 5.41) is 0. The Morgan fingerprint density at radius 3 is 1.44 bits per heavy atom. The Hall–Kier alpha value is -1.63. The lowest BCUT2D eigenvalue weighted by Gasteiger charge is -1.93. The van der Waals surface area contributed by atoms with Crippen molar-refractivity contribution in [2.24, 2.45) is 0 Å². The van der Waals surface area contributed by atoms with Crippen molar-refractivity contribution < 1.29 is 4.74 Å². The van der Waals surface area contributed by atoms with Crippen molar-refractivity contribution in [3.05, 3.63) is 0 Å². The number of hydrogen-bond acceptors (Lipinski definition) is 7. The Labute approximate surface area is 94.4 Å². The van der Waals surface area contributed by atoms with Crippen LogP contribution < -0.4 is 17.2 Å². The lowest BCUT2D eigenvalue weighted by Crippen LogP contribution is -2.05. The fraction of sp³-hybridized carbons (Fsp3) is 0.667. The number of ether oxygens (including phenoxy) is 1. The molecule has 90 valence electrons. The van der Waals surface area contributed by atoms with Crippen molar-refractivity contribution in [2.75, 3.05) is 30.4 Å². The maximum absolute atomic E-state index is 5.19. The van der Waals surface area contributed by atoms with Crippen molar-refractivity contribution in [1.29, 1.82) is 0 Å². The van der Waals surface area contributed by atoms with Gasteiger partial charge in [-0.1, -0.05) is 12.8 Å². The summed E-state index contributed by atoms with van der Waals surface area (Å²) in [6.07, 6.45) is 5.31. The van der Waals surface area contributed by atoms with Crippen molar-refractivity contribution >= 4 is 17.8 Å². The highest BCUT2D eigenvalue weighted by molar-refractivity contribution is 5.33. The Kier molecular flexibility index (Phi) is 5.27. The van der Waals surface area contributed by atoms with Crippen LogP contribution in [-0.4, -0.2) is 28.2 Å². The fourth-order valence-electron chi connectivity index (χ4n) is 1.29. The summed E-state index contributed by atoms with van der Waals surface area (Å²) in [6.45, 7) is 2.00. The quantitative estimate of drug-likeness (QED) is 0.576. The topological polar surface area (TPSA) is 126 Å². The molecule has 0 spiro atoms. The van der Waals surface area contributed by atoms with Crippen LogP contribution in [0.4, 0.5) is 17.8 Å². The number of nitrogens with two attached hydrogens (primary N) is 3. The molecule has 7 heteroatoms. The predicted octanol–water partition coefficient (Wildman–Crippen LogP) is 0.195. The van der Waals surface area contributed by atoms with Gasteiger partial charge in [0.2, 0.25) is 17.8 Å². The van der Waals surface area contributed by atoms with E-state index in [2.05, 4.69) is 15.0 Å². The van der Waals surface area contributed by atoms with Gasteiger partial charge >= 0.3 is 0 Å². The molecule has 0 bridgehead atoms. The van der Waals surface area contributed by atoms with Crippen LogP contribution in [0.15, 0.2) is 0 Å². The van der Waals surface area contributed by atoms with Crippen molar-refractivity contribution in [3.63, 3.8) is 0 Å². The van der Waals surface area contributed by atoms with Crippen LogP contribution in [0.5, 0.6) is 0 Å². The second kappa shape index (κ2) is 6.78. The Bertz CT molecular complexity index is 249. The van der Waals surface area contributed by atoms with Gasteiger partial charge < -0.3 is 21.9 Å². The van der Waals surface area contributed by atoms with E-state index in [1.54, 1.807) is 0 Å². The average Bonchev–Trinajstić information content (AvgIpc) is 2.46. The van der Waals surface area contributed by atoms with E-state index < -0.39 is 0 Å². The summed E-state index contributed by atoms with van der Waals surface area (Å²) in [5.41, 5.74) is 15.4.